The second-order valence-electron chi connectivity index (χ2n) is 36.2. The van der Waals surface area contributed by atoms with Crippen molar-refractivity contribution >= 4 is 0 Å². The van der Waals surface area contributed by atoms with Gasteiger partial charge in [0.05, 0.1) is 0 Å². The Morgan fingerprint density at radius 2 is 0.366 bits per heavy atom. The van der Waals surface area contributed by atoms with Crippen molar-refractivity contribution in [1.82, 2.24) is 78.4 Å². The summed E-state index contributed by atoms with van der Waals surface area (Å²) in [7, 11) is 25.9. The fraction of sp³-hybridized carbons (Fsp3) is 1.00. The third-order valence-corrected chi connectivity index (χ3v) is 20.3. The zero-order valence-corrected chi connectivity index (χ0v) is 78.0. The number of likely N-dealkylation sites (N-methyl/N-ethyl adjacent to an activating group) is 8. The minimum atomic E-state index is 0. The SMILES string of the molecule is C.CCN(C)CCCN(C)C(C)(C)C.CCN(C)CCN(C)C(C)(C)C.CCN(CC)CCN(C)C(C)(C)C.CCN(CC)CCN(CC)C(C)(C)C.CCN(CC)CCN(CCN(CC)CC)C(C)(C)C.CN(C)CCCN(C)C(C)(C)C.CN(C)CCCN(CCCN(C)C)C(C)(C)C. The standard InChI is InChI=1S/C16H37N3.C14H33N3.C12H28N2.2C11H26N2.2C10H24N2.CH4/c1-8-17(9-2)12-14-19(16(5,6)7)15-13-18(10-3)11-4;1-14(2,3)17(12-8-10-15(4)5)13-9-11-16(6)7;1-7-13(8-2)10-11-14(9-3)12(4,5)6;1-7-12(5)9-8-10-13(6)11(2,3)4;1-7-13(8-2)10-9-12(6)11(3,4)5;1-10(2,3)12(6)9-7-8-11(4)5;1-7-11(5)8-9-12(6)10(2,3)4;/h8-15H2,1-7H3;8-13H2,1-7H3;7-11H2,1-6H3;2*7-10H2,1-6H3;2*7-9H2,1-6H3;1H4. The Kier molecular flexibility index (Phi) is 73.8. The summed E-state index contributed by atoms with van der Waals surface area (Å²) in [6.07, 6.45) is 5.03. The molecular formula is C85H202N16. The van der Waals surface area contributed by atoms with Crippen molar-refractivity contribution in [2.24, 2.45) is 0 Å². The van der Waals surface area contributed by atoms with Crippen LogP contribution in [0.15, 0.2) is 0 Å². The number of hydrogen-bond donors (Lipinski definition) is 0. The molecule has 0 radical (unpaired) electrons. The summed E-state index contributed by atoms with van der Waals surface area (Å²) < 4.78 is 0. The smallest absolute Gasteiger partial charge is 0.0126 e. The van der Waals surface area contributed by atoms with Crippen molar-refractivity contribution in [3.63, 3.8) is 0 Å². The minimum Gasteiger partial charge on any atom is -0.309 e. The molecule has 0 saturated heterocycles. The maximum absolute atomic E-state index is 2.63. The highest BCUT2D eigenvalue weighted by atomic mass is 15.3. The first-order chi connectivity index (χ1) is 45.6. The van der Waals surface area contributed by atoms with Crippen LogP contribution in [0.3, 0.4) is 0 Å². The molecule has 16 heteroatoms. The van der Waals surface area contributed by atoms with Crippen LogP contribution in [-0.4, -0.2) is 392 Å². The molecule has 0 aromatic carbocycles. The molecule has 0 aliphatic rings. The third kappa shape index (κ3) is 74.6. The van der Waals surface area contributed by atoms with Crippen LogP contribution in [0.1, 0.15) is 255 Å². The molecule has 0 rings (SSSR count). The van der Waals surface area contributed by atoms with E-state index >= 15 is 0 Å². The van der Waals surface area contributed by atoms with Gasteiger partial charge in [0.15, 0.2) is 0 Å². The number of nitrogens with zero attached hydrogens (tertiary/aromatic N) is 16. The topological polar surface area (TPSA) is 51.8 Å². The summed E-state index contributed by atoms with van der Waals surface area (Å²) in [4.78, 5) is 38.8. The van der Waals surface area contributed by atoms with Crippen molar-refractivity contribution in [3.8, 4) is 0 Å². The van der Waals surface area contributed by atoms with Gasteiger partial charge in [-0.05, 0) is 380 Å². The molecule has 0 aliphatic heterocycles. The normalized spacial score (nSPS) is 12.8. The van der Waals surface area contributed by atoms with Gasteiger partial charge in [-0.2, -0.15) is 0 Å². The van der Waals surface area contributed by atoms with E-state index in [1.807, 2.05) is 0 Å². The molecule has 622 valence electrons. The van der Waals surface area contributed by atoms with Crippen LogP contribution in [0.25, 0.3) is 0 Å². The Morgan fingerprint density at radius 3 is 0.584 bits per heavy atom. The van der Waals surface area contributed by atoms with Crippen LogP contribution >= 0.6 is 0 Å². The van der Waals surface area contributed by atoms with Gasteiger partial charge in [0.25, 0.3) is 0 Å². The van der Waals surface area contributed by atoms with E-state index in [1.54, 1.807) is 0 Å². The van der Waals surface area contributed by atoms with Gasteiger partial charge in [-0.25, -0.2) is 0 Å². The summed E-state index contributed by atoms with van der Waals surface area (Å²) in [5.74, 6) is 0. The van der Waals surface area contributed by atoms with E-state index in [9.17, 15) is 0 Å². The predicted octanol–water partition coefficient (Wildman–Crippen LogP) is 15.3. The van der Waals surface area contributed by atoms with E-state index < -0.39 is 0 Å². The first-order valence-corrected chi connectivity index (χ1v) is 40.9. The van der Waals surface area contributed by atoms with Crippen molar-refractivity contribution in [1.29, 1.82) is 0 Å². The maximum Gasteiger partial charge on any atom is 0.0126 e. The van der Waals surface area contributed by atoms with E-state index in [0.717, 1.165) is 91.6 Å². The second kappa shape index (κ2) is 64.2. The Hall–Kier alpha value is -0.640. The summed E-state index contributed by atoms with van der Waals surface area (Å²) in [6, 6.07) is 0. The van der Waals surface area contributed by atoms with Gasteiger partial charge in [-0.3, -0.25) is 14.7 Å². The Labute approximate surface area is 643 Å². The fourth-order valence-corrected chi connectivity index (χ4v) is 10.1. The van der Waals surface area contributed by atoms with Crippen LogP contribution in [0.2, 0.25) is 0 Å². The van der Waals surface area contributed by atoms with Gasteiger partial charge in [-0.15, -0.1) is 0 Å². The van der Waals surface area contributed by atoms with E-state index in [-0.39, 0.29) is 13.0 Å². The van der Waals surface area contributed by atoms with Gasteiger partial charge in [0.1, 0.15) is 0 Å². The Bertz CT molecular complexity index is 1650. The zero-order valence-electron chi connectivity index (χ0n) is 78.0. The molecule has 0 unspecified atom stereocenters. The van der Waals surface area contributed by atoms with Crippen LogP contribution in [-0.2, 0) is 0 Å². The molecule has 0 spiro atoms. The largest absolute Gasteiger partial charge is 0.309 e. The lowest BCUT2D eigenvalue weighted by Crippen LogP contribution is -2.48. The summed E-state index contributed by atoms with van der Waals surface area (Å²) in [6.45, 7) is 106. The first-order valence-electron chi connectivity index (χ1n) is 40.9. The van der Waals surface area contributed by atoms with E-state index in [0.29, 0.717) is 33.2 Å². The second-order valence-corrected chi connectivity index (χ2v) is 36.2. The van der Waals surface area contributed by atoms with Crippen LogP contribution in [0.4, 0.5) is 0 Å². The van der Waals surface area contributed by atoms with Crippen LogP contribution in [0, 0.1) is 0 Å². The molecule has 0 aromatic heterocycles. The predicted molar refractivity (Wildman–Crippen MR) is 468 cm³/mol. The molecule has 0 aromatic rings. The van der Waals surface area contributed by atoms with Gasteiger partial charge in [0, 0.05) is 104 Å². The molecule has 0 atom stereocenters. The lowest BCUT2D eigenvalue weighted by molar-refractivity contribution is 0.102. The fourth-order valence-electron chi connectivity index (χ4n) is 10.1. The van der Waals surface area contributed by atoms with Crippen LogP contribution < -0.4 is 0 Å². The summed E-state index contributed by atoms with van der Waals surface area (Å²) in [5, 5.41) is 0. The van der Waals surface area contributed by atoms with E-state index in [4.69, 9.17) is 0 Å². The minimum absolute atomic E-state index is 0. The summed E-state index contributed by atoms with van der Waals surface area (Å²) in [5.41, 5.74) is 2.08. The maximum atomic E-state index is 2.63. The molecule has 16 nitrogen and oxygen atoms in total. The Morgan fingerprint density at radius 1 is 0.168 bits per heavy atom. The van der Waals surface area contributed by atoms with Gasteiger partial charge < -0.3 is 63.7 Å². The highest BCUT2D eigenvalue weighted by Crippen LogP contribution is 2.17. The Balaban J connectivity index is -0.000000167. The summed E-state index contributed by atoms with van der Waals surface area (Å²) >= 11 is 0. The molecule has 0 fully saturated rings. The van der Waals surface area contributed by atoms with Gasteiger partial charge >= 0.3 is 0 Å². The van der Waals surface area contributed by atoms with Crippen molar-refractivity contribution in [2.45, 2.75) is 293 Å². The van der Waals surface area contributed by atoms with E-state index in [2.05, 4.69) is 385 Å². The quantitative estimate of drug-likeness (QED) is 0.0582. The highest BCUT2D eigenvalue weighted by molar-refractivity contribution is 4.81. The molecule has 101 heavy (non-hydrogen) atoms. The monoisotopic (exact) mass is 1450 g/mol. The first kappa shape index (κ1) is 116. The molecule has 0 amide bonds. The van der Waals surface area contributed by atoms with Gasteiger partial charge in [-0.1, -0.05) is 83.6 Å². The zero-order chi connectivity index (χ0) is 80.1. The number of hydrogen-bond acceptors (Lipinski definition) is 16. The van der Waals surface area contributed by atoms with Gasteiger partial charge in [0.2, 0.25) is 0 Å². The van der Waals surface area contributed by atoms with Crippen molar-refractivity contribution in [2.75, 3.05) is 274 Å². The van der Waals surface area contributed by atoms with E-state index in [1.165, 1.54) is 124 Å². The third-order valence-electron chi connectivity index (χ3n) is 20.3. The molecule has 0 saturated carbocycles. The van der Waals surface area contributed by atoms with Crippen molar-refractivity contribution < 1.29 is 0 Å². The lowest BCUT2D eigenvalue weighted by Gasteiger charge is -2.38. The molecule has 0 heterocycles. The molecule has 0 aliphatic carbocycles. The molecule has 0 N–H and O–H groups in total. The number of rotatable bonds is 42. The average Bonchev–Trinajstić information content (AvgIpc) is 0.908. The molecule has 0 bridgehead atoms. The lowest BCUT2D eigenvalue weighted by atomic mass is 10.1. The average molecular weight is 1450 g/mol. The van der Waals surface area contributed by atoms with Crippen LogP contribution in [0.5, 0.6) is 0 Å². The van der Waals surface area contributed by atoms with Crippen molar-refractivity contribution in [3.05, 3.63) is 0 Å². The highest BCUT2D eigenvalue weighted by Gasteiger charge is 2.24. The molecular weight excluding hydrogens is 1250 g/mol.